The van der Waals surface area contributed by atoms with E-state index in [9.17, 15) is 18.0 Å². The Morgan fingerprint density at radius 2 is 1.75 bits per heavy atom. The van der Waals surface area contributed by atoms with Crippen molar-refractivity contribution >= 4 is 52.5 Å². The van der Waals surface area contributed by atoms with Gasteiger partial charge in [-0.1, -0.05) is 0 Å². The first kappa shape index (κ1) is 14.4. The Hall–Kier alpha value is -0.110. The third-order valence-electron chi connectivity index (χ3n) is 0.719. The molecule has 66 valence electrons. The molecule has 0 aliphatic carbocycles. The molecule has 0 saturated carbocycles. The van der Waals surface area contributed by atoms with Crippen molar-refractivity contribution in [2.75, 3.05) is 0 Å². The van der Waals surface area contributed by atoms with Gasteiger partial charge in [0, 0.05) is 0 Å². The van der Waals surface area contributed by atoms with Gasteiger partial charge in [-0.15, -0.1) is 0 Å². The molecule has 0 amide bonds. The molecule has 0 rings (SSSR count). The van der Waals surface area contributed by atoms with Crippen molar-refractivity contribution in [2.45, 2.75) is 12.8 Å². The SMILES string of the molecule is O=C(O)CCC(=O)O[SH](=O)=O.[NaH]. The van der Waals surface area contributed by atoms with Gasteiger partial charge in [0.25, 0.3) is 0 Å². The Kier molecular flexibility index (Phi) is 9.05. The maximum atomic E-state index is 10.3. The van der Waals surface area contributed by atoms with Crippen LogP contribution in [0.1, 0.15) is 12.8 Å². The Morgan fingerprint density at radius 3 is 2.08 bits per heavy atom. The molecule has 0 aliphatic heterocycles. The second kappa shape index (κ2) is 7.53. The van der Waals surface area contributed by atoms with E-state index in [-0.39, 0.29) is 29.6 Å². The third-order valence-corrected chi connectivity index (χ3v) is 1.07. The summed E-state index contributed by atoms with van der Waals surface area (Å²) in [6.07, 6.45) is -0.860. The molecule has 0 saturated heterocycles. The number of hydrogen-bond donors (Lipinski definition) is 2. The molecule has 0 spiro atoms. The van der Waals surface area contributed by atoms with E-state index in [2.05, 4.69) is 4.18 Å². The maximum absolute atomic E-state index is 10.3. The molecule has 0 heterocycles. The summed E-state index contributed by atoms with van der Waals surface area (Å²) in [4.78, 5) is 20.1. The summed E-state index contributed by atoms with van der Waals surface area (Å²) in [5, 5.41) is 8.04. The van der Waals surface area contributed by atoms with Crippen molar-refractivity contribution in [2.24, 2.45) is 0 Å². The summed E-state index contributed by atoms with van der Waals surface area (Å²) in [5.74, 6) is -2.23. The van der Waals surface area contributed by atoms with Gasteiger partial charge in [0.2, 0.25) is 0 Å². The van der Waals surface area contributed by atoms with Crippen LogP contribution in [-0.2, 0) is 24.8 Å². The van der Waals surface area contributed by atoms with Crippen LogP contribution in [-0.4, -0.2) is 55.0 Å². The predicted molar refractivity (Wildman–Crippen MR) is 40.4 cm³/mol. The zero-order valence-corrected chi connectivity index (χ0v) is 6.24. The Labute approximate surface area is 92.3 Å². The normalized spacial score (nSPS) is 8.75. The summed E-state index contributed by atoms with van der Waals surface area (Å²) in [7, 11) is -3.21. The van der Waals surface area contributed by atoms with Crippen LogP contribution in [0.15, 0.2) is 0 Å². The molecule has 0 aromatic carbocycles. The Morgan fingerprint density at radius 1 is 1.25 bits per heavy atom. The van der Waals surface area contributed by atoms with Crippen molar-refractivity contribution in [3.8, 4) is 0 Å². The third kappa shape index (κ3) is 9.89. The number of thiol groups is 1. The molecule has 12 heavy (non-hydrogen) atoms. The standard InChI is InChI=1S/C4H6O6S.Na.H/c5-3(6)1-2-4(7)10-11(8)9;;/h11H,1-2H2,(H,5,6);;. The molecule has 0 aromatic rings. The van der Waals surface area contributed by atoms with E-state index in [1.165, 1.54) is 0 Å². The van der Waals surface area contributed by atoms with Crippen LogP contribution in [0.25, 0.3) is 0 Å². The molecule has 0 atom stereocenters. The van der Waals surface area contributed by atoms with E-state index in [0.717, 1.165) is 0 Å². The topological polar surface area (TPSA) is 97.7 Å². The van der Waals surface area contributed by atoms with Crippen molar-refractivity contribution in [1.29, 1.82) is 0 Å². The fourth-order valence-corrected chi connectivity index (χ4v) is 0.595. The van der Waals surface area contributed by atoms with E-state index in [1.807, 2.05) is 0 Å². The first-order valence-electron chi connectivity index (χ1n) is 2.59. The molecular weight excluding hydrogens is 199 g/mol. The second-order valence-corrected chi connectivity index (χ2v) is 2.21. The quantitative estimate of drug-likeness (QED) is 0.419. The van der Waals surface area contributed by atoms with Gasteiger partial charge in [-0.3, -0.25) is 9.59 Å². The molecule has 0 radical (unpaired) electrons. The van der Waals surface area contributed by atoms with Crippen LogP contribution in [0.2, 0.25) is 0 Å². The summed E-state index contributed by atoms with van der Waals surface area (Å²) in [5.41, 5.74) is 0. The van der Waals surface area contributed by atoms with Crippen molar-refractivity contribution < 1.29 is 27.3 Å². The van der Waals surface area contributed by atoms with Gasteiger partial charge < -0.3 is 9.29 Å². The number of carboxylic acid groups (broad SMARTS) is 1. The Balaban J connectivity index is 0. The number of carbonyl (C=O) groups excluding carboxylic acids is 1. The zero-order valence-electron chi connectivity index (χ0n) is 5.35. The monoisotopic (exact) mass is 206 g/mol. The van der Waals surface area contributed by atoms with E-state index in [4.69, 9.17) is 5.11 Å². The number of carbonyl (C=O) groups is 2. The average molecular weight is 206 g/mol. The second-order valence-electron chi connectivity index (χ2n) is 1.58. The first-order chi connectivity index (χ1) is 5.02. The number of aliphatic carboxylic acids is 1. The number of rotatable bonds is 4. The van der Waals surface area contributed by atoms with E-state index >= 15 is 0 Å². The minimum absolute atomic E-state index is 0. The molecule has 8 heteroatoms. The molecule has 0 aliphatic rings. The van der Waals surface area contributed by atoms with Gasteiger partial charge in [-0.25, -0.2) is 0 Å². The van der Waals surface area contributed by atoms with Crippen molar-refractivity contribution in [3.63, 3.8) is 0 Å². The molecule has 0 aromatic heterocycles. The molecule has 0 unspecified atom stereocenters. The summed E-state index contributed by atoms with van der Waals surface area (Å²) in [6.45, 7) is 0. The van der Waals surface area contributed by atoms with E-state index < -0.39 is 35.8 Å². The van der Waals surface area contributed by atoms with Crippen LogP contribution in [0.3, 0.4) is 0 Å². The van der Waals surface area contributed by atoms with Crippen LogP contribution in [0.5, 0.6) is 0 Å². The number of hydrogen-bond acceptors (Lipinski definition) is 5. The molecule has 1 N–H and O–H groups in total. The van der Waals surface area contributed by atoms with Crippen molar-refractivity contribution in [1.82, 2.24) is 0 Å². The van der Waals surface area contributed by atoms with Crippen LogP contribution >= 0.6 is 0 Å². The van der Waals surface area contributed by atoms with E-state index in [1.54, 1.807) is 0 Å². The fourth-order valence-electron chi connectivity index (χ4n) is 0.338. The molecular formula is C4H7NaO6S. The van der Waals surface area contributed by atoms with Gasteiger partial charge in [0.1, 0.15) is 0 Å². The van der Waals surface area contributed by atoms with Gasteiger partial charge in [0.15, 0.2) is 0 Å². The average Bonchev–Trinajstić information content (AvgIpc) is 1.82. The summed E-state index contributed by atoms with van der Waals surface area (Å²) in [6, 6.07) is 0. The van der Waals surface area contributed by atoms with Crippen LogP contribution in [0, 0.1) is 0 Å². The predicted octanol–water partition coefficient (Wildman–Crippen LogP) is -1.73. The fraction of sp³-hybridized carbons (Fsp3) is 0.500. The van der Waals surface area contributed by atoms with Crippen molar-refractivity contribution in [3.05, 3.63) is 0 Å². The van der Waals surface area contributed by atoms with Crippen LogP contribution in [0.4, 0.5) is 0 Å². The van der Waals surface area contributed by atoms with Gasteiger partial charge in [0.05, 0.1) is 12.8 Å². The molecule has 0 bridgehead atoms. The van der Waals surface area contributed by atoms with Crippen LogP contribution < -0.4 is 0 Å². The summed E-state index contributed by atoms with van der Waals surface area (Å²) >= 11 is 0. The minimum atomic E-state index is -3.21. The Bertz CT molecular complexity index is 226. The molecule has 0 fully saturated rings. The zero-order chi connectivity index (χ0) is 8.85. The number of carboxylic acids is 1. The first-order valence-corrected chi connectivity index (χ1v) is 3.69. The van der Waals surface area contributed by atoms with Gasteiger partial charge in [-0.05, 0) is 0 Å². The molecule has 6 nitrogen and oxygen atoms in total. The van der Waals surface area contributed by atoms with Gasteiger partial charge >= 0.3 is 52.5 Å². The van der Waals surface area contributed by atoms with Gasteiger partial charge in [-0.2, -0.15) is 8.42 Å². The summed E-state index contributed by atoms with van der Waals surface area (Å²) < 4.78 is 23.1. The van der Waals surface area contributed by atoms with E-state index in [0.29, 0.717) is 0 Å².